The van der Waals surface area contributed by atoms with E-state index in [-0.39, 0.29) is 4.90 Å². The highest BCUT2D eigenvalue weighted by molar-refractivity contribution is 7.89. The van der Waals surface area contributed by atoms with Crippen LogP contribution >= 0.6 is 11.3 Å². The maximum atomic E-state index is 12.3. The van der Waals surface area contributed by atoms with Crippen LogP contribution < -0.4 is 10.5 Å². The average Bonchev–Trinajstić information content (AvgIpc) is 3.06. The van der Waals surface area contributed by atoms with Crippen molar-refractivity contribution in [2.45, 2.75) is 37.9 Å². The van der Waals surface area contributed by atoms with Crippen LogP contribution in [0, 0.1) is 0 Å². The van der Waals surface area contributed by atoms with Gasteiger partial charge >= 0.3 is 0 Å². The molecule has 0 amide bonds. The minimum absolute atomic E-state index is 0.279. The fraction of sp³-hybridized carbons (Fsp3) is 0.385. The first kappa shape index (κ1) is 15.2. The lowest BCUT2D eigenvalue weighted by atomic mass is 10.4. The molecule has 0 unspecified atom stereocenters. The highest BCUT2D eigenvalue weighted by Crippen LogP contribution is 2.15. The van der Waals surface area contributed by atoms with E-state index in [1.165, 1.54) is 0 Å². The number of thiophene rings is 1. The Kier molecular flexibility index (Phi) is 4.98. The van der Waals surface area contributed by atoms with E-state index >= 15 is 0 Å². The van der Waals surface area contributed by atoms with Crippen LogP contribution in [0.25, 0.3) is 0 Å². The van der Waals surface area contributed by atoms with Crippen LogP contribution in [0.15, 0.2) is 34.0 Å². The summed E-state index contributed by atoms with van der Waals surface area (Å²) in [4.78, 5) is 0.279. The number of aromatic nitrogens is 1. The second kappa shape index (κ2) is 6.53. The summed E-state index contributed by atoms with van der Waals surface area (Å²) >= 11 is 1.55. The molecule has 0 saturated heterocycles. The van der Waals surface area contributed by atoms with E-state index in [1.54, 1.807) is 23.6 Å². The molecule has 0 bridgehead atoms. The van der Waals surface area contributed by atoms with Crippen molar-refractivity contribution in [2.24, 2.45) is 5.73 Å². The smallest absolute Gasteiger partial charge is 0.242 e. The van der Waals surface area contributed by atoms with Gasteiger partial charge in [-0.05, 0) is 34.9 Å². The van der Waals surface area contributed by atoms with Crippen LogP contribution in [-0.4, -0.2) is 13.0 Å². The first-order valence-corrected chi connectivity index (χ1v) is 8.89. The van der Waals surface area contributed by atoms with E-state index in [0.717, 1.165) is 24.2 Å². The van der Waals surface area contributed by atoms with Gasteiger partial charge in [0, 0.05) is 31.5 Å². The lowest BCUT2D eigenvalue weighted by molar-refractivity contribution is 0.580. The second-order valence-corrected chi connectivity index (χ2v) is 7.07. The maximum Gasteiger partial charge on any atom is 0.242 e. The molecule has 0 aromatic carbocycles. The summed E-state index contributed by atoms with van der Waals surface area (Å²) in [5.74, 6) is 0. The summed E-state index contributed by atoms with van der Waals surface area (Å²) in [6.07, 6.45) is 2.59. The van der Waals surface area contributed by atoms with Crippen molar-refractivity contribution in [2.75, 3.05) is 0 Å². The molecule has 7 heteroatoms. The Labute approximate surface area is 123 Å². The molecule has 20 heavy (non-hydrogen) atoms. The first-order chi connectivity index (χ1) is 9.56. The van der Waals surface area contributed by atoms with Gasteiger partial charge in [0.2, 0.25) is 10.0 Å². The van der Waals surface area contributed by atoms with Crippen molar-refractivity contribution in [3.8, 4) is 0 Å². The molecular weight excluding hydrogens is 294 g/mol. The number of nitrogens with zero attached hydrogens (tertiary/aromatic N) is 1. The third-order valence-electron chi connectivity index (χ3n) is 2.99. The predicted molar refractivity (Wildman–Crippen MR) is 81.0 cm³/mol. The molecule has 0 aliphatic rings. The van der Waals surface area contributed by atoms with Crippen LogP contribution in [0.4, 0.5) is 0 Å². The second-order valence-electron chi connectivity index (χ2n) is 4.52. The summed E-state index contributed by atoms with van der Waals surface area (Å²) in [5, 5.41) is 3.85. The van der Waals surface area contributed by atoms with E-state index in [2.05, 4.69) is 4.72 Å². The Bertz CT molecular complexity index is 645. The zero-order valence-electron chi connectivity index (χ0n) is 11.4. The monoisotopic (exact) mass is 313 g/mol. The minimum atomic E-state index is -3.49. The Hall–Kier alpha value is -1.15. The molecule has 0 saturated carbocycles. The molecule has 2 aromatic heterocycles. The van der Waals surface area contributed by atoms with Crippen molar-refractivity contribution in [3.05, 3.63) is 40.3 Å². The van der Waals surface area contributed by atoms with Crippen LogP contribution in [-0.2, 0) is 29.7 Å². The van der Waals surface area contributed by atoms with Crippen LogP contribution in [0.2, 0.25) is 0 Å². The summed E-state index contributed by atoms with van der Waals surface area (Å²) in [5.41, 5.74) is 7.45. The first-order valence-electron chi connectivity index (χ1n) is 6.46. The quantitative estimate of drug-likeness (QED) is 0.819. The Balaban J connectivity index is 2.16. The molecule has 0 aliphatic heterocycles. The van der Waals surface area contributed by atoms with Gasteiger partial charge in [-0.1, -0.05) is 6.92 Å². The van der Waals surface area contributed by atoms with Crippen LogP contribution in [0.1, 0.15) is 24.6 Å². The highest BCUT2D eigenvalue weighted by atomic mass is 32.2. The van der Waals surface area contributed by atoms with Crippen molar-refractivity contribution in [1.82, 2.24) is 9.29 Å². The molecule has 0 fully saturated rings. The molecule has 2 aromatic rings. The molecule has 0 atom stereocenters. The third-order valence-corrected chi connectivity index (χ3v) is 5.09. The number of hydrogen-bond donors (Lipinski definition) is 2. The van der Waals surface area contributed by atoms with Gasteiger partial charge in [0.05, 0.1) is 4.90 Å². The topological polar surface area (TPSA) is 77.1 Å². The van der Waals surface area contributed by atoms with Gasteiger partial charge in [0.25, 0.3) is 0 Å². The number of sulfonamides is 1. The lowest BCUT2D eigenvalue weighted by Gasteiger charge is -2.04. The normalized spacial score (nSPS) is 11.9. The van der Waals surface area contributed by atoms with E-state index in [4.69, 9.17) is 5.73 Å². The third kappa shape index (κ3) is 3.49. The lowest BCUT2D eigenvalue weighted by Crippen LogP contribution is -2.22. The molecule has 0 radical (unpaired) electrons. The fourth-order valence-corrected chi connectivity index (χ4v) is 3.70. The number of hydrogen-bond acceptors (Lipinski definition) is 4. The van der Waals surface area contributed by atoms with Crippen molar-refractivity contribution < 1.29 is 8.42 Å². The zero-order valence-corrected chi connectivity index (χ0v) is 13.0. The van der Waals surface area contributed by atoms with Crippen molar-refractivity contribution in [1.29, 1.82) is 0 Å². The number of nitrogens with one attached hydrogen (secondary N) is 1. The number of nitrogens with two attached hydrogens (primary N) is 1. The Morgan fingerprint density at radius 2 is 2.25 bits per heavy atom. The van der Waals surface area contributed by atoms with Crippen molar-refractivity contribution >= 4 is 21.4 Å². The van der Waals surface area contributed by atoms with E-state index in [0.29, 0.717) is 13.1 Å². The van der Waals surface area contributed by atoms with E-state index < -0.39 is 10.0 Å². The maximum absolute atomic E-state index is 12.3. The summed E-state index contributed by atoms with van der Waals surface area (Å²) in [7, 11) is -3.49. The van der Waals surface area contributed by atoms with Gasteiger partial charge in [-0.15, -0.1) is 0 Å². The minimum Gasteiger partial charge on any atom is -0.349 e. The molecule has 0 aliphatic carbocycles. The standard InChI is InChI=1S/C13H19N3O2S2/c1-2-4-16-9-13(6-12(16)7-14)20(17,18)15-8-11-3-5-19-10-11/h3,5-6,9-10,15H,2,4,7-8,14H2,1H3. The number of aryl methyl sites for hydroxylation is 1. The average molecular weight is 313 g/mol. The van der Waals surface area contributed by atoms with Crippen LogP contribution in [0.5, 0.6) is 0 Å². The molecule has 0 spiro atoms. The van der Waals surface area contributed by atoms with Gasteiger partial charge in [-0.3, -0.25) is 0 Å². The fourth-order valence-electron chi connectivity index (χ4n) is 1.95. The van der Waals surface area contributed by atoms with Gasteiger partial charge in [-0.2, -0.15) is 11.3 Å². The van der Waals surface area contributed by atoms with Crippen LogP contribution in [0.3, 0.4) is 0 Å². The largest absolute Gasteiger partial charge is 0.349 e. The van der Waals surface area contributed by atoms with Gasteiger partial charge < -0.3 is 10.3 Å². The molecule has 5 nitrogen and oxygen atoms in total. The zero-order chi connectivity index (χ0) is 14.6. The summed E-state index contributed by atoms with van der Waals surface area (Å²) in [6, 6.07) is 3.55. The number of rotatable bonds is 7. The van der Waals surface area contributed by atoms with Gasteiger partial charge in [-0.25, -0.2) is 13.1 Å². The molecule has 2 heterocycles. The van der Waals surface area contributed by atoms with Gasteiger partial charge in [0.15, 0.2) is 0 Å². The Morgan fingerprint density at radius 3 is 2.85 bits per heavy atom. The molecular formula is C13H19N3O2S2. The summed E-state index contributed by atoms with van der Waals surface area (Å²) < 4.78 is 29.0. The van der Waals surface area contributed by atoms with Gasteiger partial charge in [0.1, 0.15) is 0 Å². The van der Waals surface area contributed by atoms with E-state index in [9.17, 15) is 8.42 Å². The molecule has 3 N–H and O–H groups in total. The highest BCUT2D eigenvalue weighted by Gasteiger charge is 2.17. The molecule has 2 rings (SSSR count). The predicted octanol–water partition coefficient (Wildman–Crippen LogP) is 1.90. The Morgan fingerprint density at radius 1 is 1.45 bits per heavy atom. The van der Waals surface area contributed by atoms with E-state index in [1.807, 2.05) is 28.3 Å². The summed E-state index contributed by atoms with van der Waals surface area (Å²) in [6.45, 7) is 3.46. The molecule has 110 valence electrons. The SMILES string of the molecule is CCCn1cc(S(=O)(=O)NCc2ccsc2)cc1CN. The van der Waals surface area contributed by atoms with Crippen molar-refractivity contribution in [3.63, 3.8) is 0 Å².